The fourth-order valence-corrected chi connectivity index (χ4v) is 3.68. The van der Waals surface area contributed by atoms with Crippen LogP contribution >= 0.6 is 0 Å². The molecule has 130 valence electrons. The number of furan rings is 1. The maximum atomic E-state index is 12.2. The Hall–Kier alpha value is -2.76. The van der Waals surface area contributed by atoms with Gasteiger partial charge in [0.25, 0.3) is 5.91 Å². The van der Waals surface area contributed by atoms with Crippen molar-refractivity contribution in [1.82, 2.24) is 5.32 Å². The molecule has 0 aliphatic heterocycles. The number of benzene rings is 1. The predicted octanol–water partition coefficient (Wildman–Crippen LogP) is 2.84. The van der Waals surface area contributed by atoms with Crippen LogP contribution in [0, 0.1) is 11.3 Å². The van der Waals surface area contributed by atoms with E-state index in [1.807, 2.05) is 30.3 Å². The molecule has 6 heteroatoms. The van der Waals surface area contributed by atoms with Crippen LogP contribution in [0.3, 0.4) is 0 Å². The van der Waals surface area contributed by atoms with Crippen LogP contribution in [0.5, 0.6) is 5.75 Å². The molecule has 1 amide bonds. The Morgan fingerprint density at radius 3 is 2.60 bits per heavy atom. The van der Waals surface area contributed by atoms with Crippen molar-refractivity contribution < 1.29 is 23.8 Å². The van der Waals surface area contributed by atoms with Crippen molar-refractivity contribution in [1.29, 1.82) is 0 Å². The summed E-state index contributed by atoms with van der Waals surface area (Å²) in [5, 5.41) is 11.9. The summed E-state index contributed by atoms with van der Waals surface area (Å²) in [6.07, 6.45) is 2.21. The molecule has 0 radical (unpaired) electrons. The number of amides is 1. The lowest BCUT2D eigenvalue weighted by Crippen LogP contribution is -2.46. The van der Waals surface area contributed by atoms with E-state index in [4.69, 9.17) is 14.3 Å². The van der Waals surface area contributed by atoms with Gasteiger partial charge in [-0.25, -0.2) is 0 Å². The van der Waals surface area contributed by atoms with Crippen LogP contribution in [0.25, 0.3) is 0 Å². The average Bonchev–Trinajstić information content (AvgIpc) is 3.14. The second-order valence-electron chi connectivity index (χ2n) is 6.90. The van der Waals surface area contributed by atoms with E-state index < -0.39 is 5.97 Å². The number of rotatable bonds is 6. The van der Waals surface area contributed by atoms with E-state index in [-0.39, 0.29) is 35.6 Å². The van der Waals surface area contributed by atoms with Crippen LogP contribution in [0.1, 0.15) is 35.6 Å². The zero-order chi connectivity index (χ0) is 17.4. The van der Waals surface area contributed by atoms with Gasteiger partial charge in [0.2, 0.25) is 0 Å². The summed E-state index contributed by atoms with van der Waals surface area (Å²) < 4.78 is 11.1. The summed E-state index contributed by atoms with van der Waals surface area (Å²) in [6.45, 7) is 0.254. The molecule has 6 nitrogen and oxygen atoms in total. The van der Waals surface area contributed by atoms with Crippen molar-refractivity contribution in [2.75, 3.05) is 0 Å². The second-order valence-corrected chi connectivity index (χ2v) is 6.90. The molecule has 2 aliphatic carbocycles. The Balaban J connectivity index is 1.26. The first-order valence-electron chi connectivity index (χ1n) is 8.36. The third-order valence-corrected chi connectivity index (χ3v) is 5.14. The summed E-state index contributed by atoms with van der Waals surface area (Å²) >= 11 is 0. The molecule has 0 bridgehead atoms. The van der Waals surface area contributed by atoms with Crippen LogP contribution in [0.15, 0.2) is 46.9 Å². The number of carboxylic acid groups (broad SMARTS) is 1. The maximum Gasteiger partial charge on any atom is 0.307 e. The van der Waals surface area contributed by atoms with E-state index in [2.05, 4.69) is 5.32 Å². The maximum absolute atomic E-state index is 12.2. The molecule has 2 saturated carbocycles. The number of hydrogen-bond acceptors (Lipinski definition) is 4. The fraction of sp³-hybridized carbons (Fsp3) is 0.368. The van der Waals surface area contributed by atoms with E-state index in [1.54, 1.807) is 12.1 Å². The molecule has 1 spiro atoms. The van der Waals surface area contributed by atoms with Gasteiger partial charge in [-0.1, -0.05) is 18.2 Å². The molecule has 2 fully saturated rings. The first-order chi connectivity index (χ1) is 12.1. The molecular formula is C19H19NO5. The Kier molecular flexibility index (Phi) is 3.75. The molecule has 25 heavy (non-hydrogen) atoms. The van der Waals surface area contributed by atoms with Gasteiger partial charge in [0.1, 0.15) is 18.1 Å². The zero-order valence-corrected chi connectivity index (χ0v) is 13.6. The zero-order valence-electron chi connectivity index (χ0n) is 13.6. The molecule has 1 atom stereocenters. The highest BCUT2D eigenvalue weighted by atomic mass is 16.5. The Bertz CT molecular complexity index is 791. The molecule has 1 aromatic heterocycles. The minimum absolute atomic E-state index is 0.0333. The first kappa shape index (κ1) is 15.7. The number of nitrogens with one attached hydrogen (secondary N) is 1. The largest absolute Gasteiger partial charge is 0.486 e. The highest BCUT2D eigenvalue weighted by Gasteiger charge is 2.65. The lowest BCUT2D eigenvalue weighted by Gasteiger charge is -2.36. The molecule has 2 aromatic rings. The number of carbonyl (C=O) groups is 2. The van der Waals surface area contributed by atoms with Crippen molar-refractivity contribution in [2.24, 2.45) is 11.3 Å². The van der Waals surface area contributed by atoms with Crippen molar-refractivity contribution in [3.05, 3.63) is 54.0 Å². The summed E-state index contributed by atoms with van der Waals surface area (Å²) in [4.78, 5) is 23.2. The number of ether oxygens (including phenoxy) is 1. The summed E-state index contributed by atoms with van der Waals surface area (Å²) in [5.41, 5.74) is -0.0678. The number of para-hydroxylation sites is 1. The predicted molar refractivity (Wildman–Crippen MR) is 88.1 cm³/mol. The SMILES string of the molecule is O=C(NC1CC2(C1)C[C@H]2C(=O)O)c1ccc(COc2ccccc2)o1. The summed E-state index contributed by atoms with van der Waals surface area (Å²) in [6, 6.07) is 12.8. The fourth-order valence-electron chi connectivity index (χ4n) is 3.68. The van der Waals surface area contributed by atoms with Gasteiger partial charge in [0.05, 0.1) is 5.92 Å². The molecule has 2 N–H and O–H groups in total. The number of carbonyl (C=O) groups excluding carboxylic acids is 1. The third-order valence-electron chi connectivity index (χ3n) is 5.14. The van der Waals surface area contributed by atoms with Crippen molar-refractivity contribution in [3.8, 4) is 5.75 Å². The van der Waals surface area contributed by atoms with Crippen molar-refractivity contribution >= 4 is 11.9 Å². The minimum Gasteiger partial charge on any atom is -0.486 e. The van der Waals surface area contributed by atoms with Gasteiger partial charge in [-0.15, -0.1) is 0 Å². The summed E-state index contributed by atoms with van der Waals surface area (Å²) in [5.74, 6) is 0.343. The lowest BCUT2D eigenvalue weighted by atomic mass is 9.75. The smallest absolute Gasteiger partial charge is 0.307 e. The standard InChI is InChI=1S/C19H19NO5/c21-17(20-12-8-19(9-12)10-15(19)18(22)23)16-7-6-14(25-16)11-24-13-4-2-1-3-5-13/h1-7,12,15H,8-11H2,(H,20,21)(H,22,23)/t12?,15-,19?/m0/s1. The van der Waals surface area contributed by atoms with E-state index in [9.17, 15) is 9.59 Å². The Morgan fingerprint density at radius 2 is 1.92 bits per heavy atom. The van der Waals surface area contributed by atoms with Crippen molar-refractivity contribution in [2.45, 2.75) is 31.9 Å². The second kappa shape index (κ2) is 5.95. The van der Waals surface area contributed by atoms with E-state index in [1.165, 1.54) is 0 Å². The molecule has 0 saturated heterocycles. The van der Waals surface area contributed by atoms with Crippen LogP contribution < -0.4 is 10.1 Å². The topological polar surface area (TPSA) is 88.8 Å². The normalized spacial score (nSPS) is 26.7. The molecule has 2 aliphatic rings. The lowest BCUT2D eigenvalue weighted by molar-refractivity contribution is -0.140. The number of aliphatic carboxylic acids is 1. The number of carboxylic acids is 1. The molecule has 1 aromatic carbocycles. The molecule has 0 unspecified atom stereocenters. The van der Waals surface area contributed by atoms with Gasteiger partial charge in [-0.05, 0) is 48.9 Å². The minimum atomic E-state index is -0.723. The van der Waals surface area contributed by atoms with Crippen LogP contribution in [0.2, 0.25) is 0 Å². The van der Waals surface area contributed by atoms with Crippen LogP contribution in [-0.2, 0) is 11.4 Å². The quantitative estimate of drug-likeness (QED) is 0.843. The third kappa shape index (κ3) is 3.12. The first-order valence-corrected chi connectivity index (χ1v) is 8.36. The van der Waals surface area contributed by atoms with Gasteiger partial charge >= 0.3 is 5.97 Å². The Morgan fingerprint density at radius 1 is 1.16 bits per heavy atom. The highest BCUT2D eigenvalue weighted by molar-refractivity contribution is 5.91. The van der Waals surface area contributed by atoms with Gasteiger partial charge in [0, 0.05) is 6.04 Å². The molecule has 1 heterocycles. The van der Waals surface area contributed by atoms with Gasteiger partial charge in [-0.3, -0.25) is 9.59 Å². The average molecular weight is 341 g/mol. The molecule has 4 rings (SSSR count). The van der Waals surface area contributed by atoms with Gasteiger partial charge in [-0.2, -0.15) is 0 Å². The molecular weight excluding hydrogens is 322 g/mol. The highest BCUT2D eigenvalue weighted by Crippen LogP contribution is 2.65. The Labute approximate surface area is 144 Å². The van der Waals surface area contributed by atoms with Gasteiger partial charge < -0.3 is 19.6 Å². The summed E-state index contributed by atoms with van der Waals surface area (Å²) in [7, 11) is 0. The van der Waals surface area contributed by atoms with E-state index in [0.29, 0.717) is 5.76 Å². The monoisotopic (exact) mass is 341 g/mol. The van der Waals surface area contributed by atoms with E-state index in [0.717, 1.165) is 25.0 Å². The van der Waals surface area contributed by atoms with Crippen LogP contribution in [-0.4, -0.2) is 23.0 Å². The number of hydrogen-bond donors (Lipinski definition) is 2. The van der Waals surface area contributed by atoms with Crippen LogP contribution in [0.4, 0.5) is 0 Å². The van der Waals surface area contributed by atoms with Gasteiger partial charge in [0.15, 0.2) is 5.76 Å². The van der Waals surface area contributed by atoms with Crippen molar-refractivity contribution in [3.63, 3.8) is 0 Å². The van der Waals surface area contributed by atoms with E-state index >= 15 is 0 Å².